The molecule has 1 aliphatic carbocycles. The van der Waals surface area contributed by atoms with Gasteiger partial charge in [0.25, 0.3) is 5.91 Å². The number of amides is 3. The Kier molecular flexibility index (Phi) is 5.59. The molecule has 2 aliphatic heterocycles. The van der Waals surface area contributed by atoms with Gasteiger partial charge in [0.1, 0.15) is 6.10 Å². The topological polar surface area (TPSA) is 79.9 Å². The van der Waals surface area contributed by atoms with Crippen LogP contribution in [-0.4, -0.2) is 55.3 Å². The number of carbonyl (C=O) groups excluding carboxylic acids is 2. The van der Waals surface area contributed by atoms with Crippen molar-refractivity contribution < 1.29 is 19.1 Å². The summed E-state index contributed by atoms with van der Waals surface area (Å²) in [6, 6.07) is 7.53. The quantitative estimate of drug-likeness (QED) is 0.804. The fraction of sp³-hybridized carbons (Fsp3) is 0.600. The van der Waals surface area contributed by atoms with Crippen LogP contribution >= 0.6 is 0 Å². The van der Waals surface area contributed by atoms with Gasteiger partial charge in [0.15, 0.2) is 0 Å². The molecule has 0 unspecified atom stereocenters. The van der Waals surface area contributed by atoms with Crippen molar-refractivity contribution in [3.05, 3.63) is 24.3 Å². The van der Waals surface area contributed by atoms with E-state index in [-0.39, 0.29) is 18.0 Å². The minimum absolute atomic E-state index is 0.0551. The molecule has 7 nitrogen and oxygen atoms in total. The van der Waals surface area contributed by atoms with Crippen LogP contribution in [0.1, 0.15) is 32.1 Å². The SMILES string of the molecule is O=C(Nc1ccc(NC(=O)N(C[C@@H]2CCOC2)C2CC2)cc1)[C@@H]1CCCO1. The summed E-state index contributed by atoms with van der Waals surface area (Å²) in [5, 5.41) is 5.84. The van der Waals surface area contributed by atoms with Crippen molar-refractivity contribution in [2.45, 2.75) is 44.2 Å². The number of nitrogens with zero attached hydrogens (tertiary/aromatic N) is 1. The number of anilines is 2. The van der Waals surface area contributed by atoms with Gasteiger partial charge in [0.05, 0.1) is 6.61 Å². The lowest BCUT2D eigenvalue weighted by Gasteiger charge is -2.25. The normalized spacial score (nSPS) is 24.6. The second-order valence-corrected chi connectivity index (χ2v) is 7.61. The van der Waals surface area contributed by atoms with Crippen LogP contribution in [0, 0.1) is 5.92 Å². The monoisotopic (exact) mass is 373 g/mol. The fourth-order valence-corrected chi connectivity index (χ4v) is 3.63. The van der Waals surface area contributed by atoms with E-state index in [1.165, 1.54) is 0 Å². The highest BCUT2D eigenvalue weighted by Crippen LogP contribution is 2.29. The number of nitrogens with one attached hydrogen (secondary N) is 2. The first-order valence-electron chi connectivity index (χ1n) is 9.87. The third kappa shape index (κ3) is 4.78. The van der Waals surface area contributed by atoms with Crippen molar-refractivity contribution in [2.24, 2.45) is 5.92 Å². The van der Waals surface area contributed by atoms with Crippen molar-refractivity contribution in [2.75, 3.05) is 37.0 Å². The maximum atomic E-state index is 12.7. The highest BCUT2D eigenvalue weighted by atomic mass is 16.5. The molecule has 2 atom stereocenters. The Morgan fingerprint density at radius 2 is 1.74 bits per heavy atom. The molecule has 146 valence electrons. The van der Waals surface area contributed by atoms with Crippen molar-refractivity contribution in [3.8, 4) is 0 Å². The molecule has 2 saturated heterocycles. The Hall–Kier alpha value is -2.12. The zero-order chi connectivity index (χ0) is 18.6. The van der Waals surface area contributed by atoms with E-state index in [4.69, 9.17) is 9.47 Å². The lowest BCUT2D eigenvalue weighted by atomic mass is 10.1. The lowest BCUT2D eigenvalue weighted by molar-refractivity contribution is -0.124. The molecule has 2 heterocycles. The molecule has 3 fully saturated rings. The second-order valence-electron chi connectivity index (χ2n) is 7.61. The van der Waals surface area contributed by atoms with Gasteiger partial charge < -0.3 is 25.0 Å². The van der Waals surface area contributed by atoms with E-state index in [1.54, 1.807) is 12.1 Å². The van der Waals surface area contributed by atoms with E-state index in [1.807, 2.05) is 17.0 Å². The molecule has 1 aromatic rings. The Labute approximate surface area is 159 Å². The van der Waals surface area contributed by atoms with E-state index in [2.05, 4.69) is 10.6 Å². The first-order valence-corrected chi connectivity index (χ1v) is 9.87. The van der Waals surface area contributed by atoms with Gasteiger partial charge in [-0.15, -0.1) is 0 Å². The summed E-state index contributed by atoms with van der Waals surface area (Å²) in [4.78, 5) is 26.7. The zero-order valence-electron chi connectivity index (χ0n) is 15.5. The minimum Gasteiger partial charge on any atom is -0.381 e. The van der Waals surface area contributed by atoms with Gasteiger partial charge in [0.2, 0.25) is 0 Å². The average molecular weight is 373 g/mol. The molecule has 27 heavy (non-hydrogen) atoms. The highest BCUT2D eigenvalue weighted by Gasteiger charge is 2.34. The second kappa shape index (κ2) is 8.27. The summed E-state index contributed by atoms with van der Waals surface area (Å²) in [5.41, 5.74) is 1.43. The summed E-state index contributed by atoms with van der Waals surface area (Å²) < 4.78 is 10.8. The van der Waals surface area contributed by atoms with Crippen LogP contribution in [0.15, 0.2) is 24.3 Å². The van der Waals surface area contributed by atoms with Gasteiger partial charge >= 0.3 is 6.03 Å². The van der Waals surface area contributed by atoms with E-state index in [0.717, 1.165) is 57.6 Å². The van der Waals surface area contributed by atoms with E-state index >= 15 is 0 Å². The molecule has 2 N–H and O–H groups in total. The van der Waals surface area contributed by atoms with Crippen LogP contribution in [0.4, 0.5) is 16.2 Å². The van der Waals surface area contributed by atoms with Gasteiger partial charge in [-0.3, -0.25) is 4.79 Å². The van der Waals surface area contributed by atoms with E-state index < -0.39 is 0 Å². The molecule has 0 radical (unpaired) electrons. The molecular formula is C20H27N3O4. The molecule has 0 spiro atoms. The lowest BCUT2D eigenvalue weighted by Crippen LogP contribution is -2.40. The van der Waals surface area contributed by atoms with Gasteiger partial charge in [-0.05, 0) is 56.4 Å². The summed E-state index contributed by atoms with van der Waals surface area (Å²) in [6.07, 6.45) is 4.52. The number of rotatable bonds is 6. The van der Waals surface area contributed by atoms with E-state index in [9.17, 15) is 9.59 Å². The van der Waals surface area contributed by atoms with Crippen LogP contribution < -0.4 is 10.6 Å². The van der Waals surface area contributed by atoms with Crippen LogP contribution in [-0.2, 0) is 14.3 Å². The average Bonchev–Trinajstić information content (AvgIpc) is 3.13. The van der Waals surface area contributed by atoms with Crippen LogP contribution in [0.3, 0.4) is 0 Å². The summed E-state index contributed by atoms with van der Waals surface area (Å²) in [6.45, 7) is 2.94. The number of urea groups is 1. The number of hydrogen-bond donors (Lipinski definition) is 2. The number of hydrogen-bond acceptors (Lipinski definition) is 4. The number of benzene rings is 1. The summed E-state index contributed by atoms with van der Waals surface area (Å²) >= 11 is 0. The Bertz CT molecular complexity index is 662. The molecule has 7 heteroatoms. The molecule has 4 rings (SSSR count). The molecule has 1 aromatic carbocycles. The largest absolute Gasteiger partial charge is 0.381 e. The maximum absolute atomic E-state index is 12.7. The molecule has 3 aliphatic rings. The Morgan fingerprint density at radius 3 is 2.33 bits per heavy atom. The van der Waals surface area contributed by atoms with Crippen LogP contribution in [0.25, 0.3) is 0 Å². The summed E-state index contributed by atoms with van der Waals surface area (Å²) in [5.74, 6) is 0.328. The van der Waals surface area contributed by atoms with Gasteiger partial charge in [0, 0.05) is 43.1 Å². The molecule has 1 saturated carbocycles. The molecule has 0 aromatic heterocycles. The first kappa shape index (κ1) is 18.3. The minimum atomic E-state index is -0.351. The van der Waals surface area contributed by atoms with Crippen molar-refractivity contribution in [3.63, 3.8) is 0 Å². The zero-order valence-corrected chi connectivity index (χ0v) is 15.5. The van der Waals surface area contributed by atoms with Crippen LogP contribution in [0.5, 0.6) is 0 Å². The molecular weight excluding hydrogens is 346 g/mol. The predicted octanol–water partition coefficient (Wildman–Crippen LogP) is 2.84. The molecule has 0 bridgehead atoms. The van der Waals surface area contributed by atoms with Crippen LogP contribution in [0.2, 0.25) is 0 Å². The van der Waals surface area contributed by atoms with Crippen molar-refractivity contribution in [1.29, 1.82) is 0 Å². The fourth-order valence-electron chi connectivity index (χ4n) is 3.63. The van der Waals surface area contributed by atoms with E-state index in [0.29, 0.717) is 24.3 Å². The standard InChI is InChI=1S/C20H27N3O4/c24-19(18-2-1-10-27-18)21-15-3-5-16(6-4-15)22-20(25)23(17-7-8-17)12-14-9-11-26-13-14/h3-6,14,17-18H,1-2,7-13H2,(H,21,24)(H,22,25)/t14-,18-/m0/s1. The van der Waals surface area contributed by atoms with Gasteiger partial charge in [-0.25, -0.2) is 4.79 Å². The maximum Gasteiger partial charge on any atom is 0.322 e. The Balaban J connectivity index is 1.31. The molecule has 3 amide bonds. The predicted molar refractivity (Wildman–Crippen MR) is 102 cm³/mol. The highest BCUT2D eigenvalue weighted by molar-refractivity contribution is 5.95. The Morgan fingerprint density at radius 1 is 1.00 bits per heavy atom. The third-order valence-corrected chi connectivity index (χ3v) is 5.35. The van der Waals surface area contributed by atoms with Gasteiger partial charge in [-0.1, -0.05) is 0 Å². The third-order valence-electron chi connectivity index (χ3n) is 5.35. The first-order chi connectivity index (χ1) is 13.2. The summed E-state index contributed by atoms with van der Waals surface area (Å²) in [7, 11) is 0. The number of ether oxygens (including phenoxy) is 2. The van der Waals surface area contributed by atoms with Gasteiger partial charge in [-0.2, -0.15) is 0 Å². The number of carbonyl (C=O) groups is 2. The van der Waals surface area contributed by atoms with Crippen molar-refractivity contribution in [1.82, 2.24) is 4.90 Å². The smallest absolute Gasteiger partial charge is 0.322 e. The van der Waals surface area contributed by atoms with Crippen molar-refractivity contribution >= 4 is 23.3 Å².